The summed E-state index contributed by atoms with van der Waals surface area (Å²) in [5, 5.41) is 3.00. The second kappa shape index (κ2) is 13.8. The van der Waals surface area contributed by atoms with Crippen molar-refractivity contribution >= 4 is 38.9 Å². The van der Waals surface area contributed by atoms with Crippen LogP contribution in [0.15, 0.2) is 0 Å². The van der Waals surface area contributed by atoms with E-state index in [1.165, 1.54) is 14.2 Å². The summed E-state index contributed by atoms with van der Waals surface area (Å²) in [4.78, 5) is 21.9. The van der Waals surface area contributed by atoms with Gasteiger partial charge in [0.1, 0.15) is 11.1 Å². The fourth-order valence-corrected chi connectivity index (χ4v) is 2.50. The average molecular weight is 388 g/mol. The van der Waals surface area contributed by atoms with E-state index in [1.807, 2.05) is 0 Å². The molecule has 1 aliphatic heterocycles. The molecule has 148 valence electrons. The summed E-state index contributed by atoms with van der Waals surface area (Å²) in [6.45, 7) is 1.32. The standard InChI is InChI=1S/C7H13NO2.C6H12N2O2.2CH4.2H2S/c1-10-6(9)7(8)4-2-3-5-7;1-10-5(9)6(7)2-3-8-4-6;;;;/h2-5,8H2,1H3;8H,2-4,7H2,1H3;2*1H4;2*1H2/t;6-;;;;/m.0..../s1. The molecule has 1 heterocycles. The lowest BCUT2D eigenvalue weighted by Gasteiger charge is -2.18. The van der Waals surface area contributed by atoms with E-state index < -0.39 is 11.1 Å². The highest BCUT2D eigenvalue weighted by Gasteiger charge is 2.38. The molecule has 24 heavy (non-hydrogen) atoms. The minimum absolute atomic E-state index is 0. The molecule has 5 N–H and O–H groups in total. The molecule has 0 radical (unpaired) electrons. The van der Waals surface area contributed by atoms with Gasteiger partial charge in [0.05, 0.1) is 14.2 Å². The van der Waals surface area contributed by atoms with Gasteiger partial charge in [-0.05, 0) is 25.8 Å². The van der Waals surface area contributed by atoms with Crippen LogP contribution in [0.3, 0.4) is 0 Å². The van der Waals surface area contributed by atoms with Gasteiger partial charge in [-0.25, -0.2) is 0 Å². The monoisotopic (exact) mass is 387 g/mol. The van der Waals surface area contributed by atoms with Crippen LogP contribution in [0.5, 0.6) is 0 Å². The zero-order valence-corrected chi connectivity index (χ0v) is 15.2. The summed E-state index contributed by atoms with van der Waals surface area (Å²) in [7, 11) is 2.74. The van der Waals surface area contributed by atoms with Gasteiger partial charge in [0, 0.05) is 6.54 Å². The third kappa shape index (κ3) is 8.06. The van der Waals surface area contributed by atoms with Crippen LogP contribution in [0.1, 0.15) is 47.0 Å². The van der Waals surface area contributed by atoms with Gasteiger partial charge in [-0.2, -0.15) is 27.0 Å². The van der Waals surface area contributed by atoms with E-state index in [1.54, 1.807) is 0 Å². The molecule has 1 atom stereocenters. The Morgan fingerprint density at radius 2 is 1.29 bits per heavy atom. The van der Waals surface area contributed by atoms with Crippen LogP contribution in [0.2, 0.25) is 0 Å². The molecular formula is C15H37N3O4S2. The lowest BCUT2D eigenvalue weighted by atomic mass is 10.0. The minimum Gasteiger partial charge on any atom is -0.468 e. The highest BCUT2D eigenvalue weighted by atomic mass is 32.1. The van der Waals surface area contributed by atoms with Crippen LogP contribution in [-0.4, -0.2) is 50.3 Å². The van der Waals surface area contributed by atoms with Crippen LogP contribution >= 0.6 is 27.0 Å². The number of nitrogens with one attached hydrogen (secondary N) is 1. The Morgan fingerprint density at radius 3 is 1.62 bits per heavy atom. The molecular weight excluding hydrogens is 350 g/mol. The molecule has 0 amide bonds. The Balaban J connectivity index is -0.000000143. The van der Waals surface area contributed by atoms with E-state index in [0.717, 1.165) is 32.2 Å². The Kier molecular flexibility index (Phi) is 18.0. The molecule has 0 aromatic carbocycles. The van der Waals surface area contributed by atoms with Gasteiger partial charge in [0.25, 0.3) is 0 Å². The number of rotatable bonds is 2. The Bertz CT molecular complexity index is 325. The summed E-state index contributed by atoms with van der Waals surface area (Å²) in [5.74, 6) is -0.581. The first-order chi connectivity index (χ1) is 9.38. The lowest BCUT2D eigenvalue weighted by molar-refractivity contribution is -0.147. The first-order valence-corrected chi connectivity index (χ1v) is 6.83. The number of nitrogens with two attached hydrogens (primary N) is 2. The Morgan fingerprint density at radius 1 is 0.875 bits per heavy atom. The number of carbonyl (C=O) groups is 2. The van der Waals surface area contributed by atoms with Crippen molar-refractivity contribution in [3.05, 3.63) is 0 Å². The summed E-state index contributed by atoms with van der Waals surface area (Å²) in [6.07, 6.45) is 4.32. The van der Waals surface area contributed by atoms with Crippen LogP contribution in [0.4, 0.5) is 0 Å². The van der Waals surface area contributed by atoms with Gasteiger partial charge in [-0.15, -0.1) is 0 Å². The third-order valence-electron chi connectivity index (χ3n) is 3.87. The second-order valence-corrected chi connectivity index (χ2v) is 5.43. The van der Waals surface area contributed by atoms with E-state index in [4.69, 9.17) is 11.5 Å². The molecule has 0 aromatic heterocycles. The van der Waals surface area contributed by atoms with Crippen molar-refractivity contribution in [2.75, 3.05) is 27.3 Å². The first-order valence-electron chi connectivity index (χ1n) is 6.83. The van der Waals surface area contributed by atoms with Crippen molar-refractivity contribution in [1.82, 2.24) is 5.32 Å². The molecule has 1 saturated carbocycles. The van der Waals surface area contributed by atoms with Crippen LogP contribution < -0.4 is 16.8 Å². The average Bonchev–Trinajstić information content (AvgIpc) is 3.08. The SMILES string of the molecule is C.C.COC(=O)C1(N)CCCC1.COC(=O)[C@]1(N)CCNC1.S.S. The van der Waals surface area contributed by atoms with E-state index >= 15 is 0 Å². The molecule has 0 unspecified atom stereocenters. The van der Waals surface area contributed by atoms with Crippen LogP contribution in [0, 0.1) is 0 Å². The van der Waals surface area contributed by atoms with Crippen molar-refractivity contribution in [1.29, 1.82) is 0 Å². The maximum Gasteiger partial charge on any atom is 0.327 e. The predicted octanol–water partition coefficient (Wildman–Crippen LogP) is 0.779. The number of hydrogen-bond acceptors (Lipinski definition) is 7. The molecule has 2 fully saturated rings. The number of carbonyl (C=O) groups excluding carboxylic acids is 2. The summed E-state index contributed by atoms with van der Waals surface area (Å²) in [6, 6.07) is 0. The molecule has 7 nitrogen and oxygen atoms in total. The van der Waals surface area contributed by atoms with E-state index in [9.17, 15) is 9.59 Å². The van der Waals surface area contributed by atoms with E-state index in [-0.39, 0.29) is 53.8 Å². The Hall–Kier alpha value is -0.480. The summed E-state index contributed by atoms with van der Waals surface area (Å²) >= 11 is 0. The fourth-order valence-electron chi connectivity index (χ4n) is 2.50. The molecule has 0 aromatic rings. The second-order valence-electron chi connectivity index (χ2n) is 5.43. The molecule has 9 heteroatoms. The van der Waals surface area contributed by atoms with Crippen LogP contribution in [0.25, 0.3) is 0 Å². The molecule has 2 rings (SSSR count). The molecule has 1 aliphatic carbocycles. The zero-order chi connectivity index (χ0) is 15.2. The van der Waals surface area contributed by atoms with Crippen molar-refractivity contribution in [2.24, 2.45) is 11.5 Å². The largest absolute Gasteiger partial charge is 0.468 e. The van der Waals surface area contributed by atoms with Gasteiger partial charge in [-0.1, -0.05) is 27.7 Å². The fraction of sp³-hybridized carbons (Fsp3) is 0.867. The van der Waals surface area contributed by atoms with Gasteiger partial charge < -0.3 is 26.3 Å². The van der Waals surface area contributed by atoms with Crippen molar-refractivity contribution < 1.29 is 19.1 Å². The molecule has 0 bridgehead atoms. The third-order valence-corrected chi connectivity index (χ3v) is 3.87. The van der Waals surface area contributed by atoms with Gasteiger partial charge >= 0.3 is 11.9 Å². The van der Waals surface area contributed by atoms with Crippen molar-refractivity contribution in [3.63, 3.8) is 0 Å². The smallest absolute Gasteiger partial charge is 0.327 e. The lowest BCUT2D eigenvalue weighted by Crippen LogP contribution is -2.50. The highest BCUT2D eigenvalue weighted by molar-refractivity contribution is 7.59. The van der Waals surface area contributed by atoms with E-state index in [0.29, 0.717) is 13.0 Å². The van der Waals surface area contributed by atoms with Gasteiger partial charge in [0.2, 0.25) is 0 Å². The maximum absolute atomic E-state index is 11.0. The molecule has 2 aliphatic rings. The zero-order valence-electron chi connectivity index (χ0n) is 13.2. The maximum atomic E-state index is 11.0. The topological polar surface area (TPSA) is 117 Å². The molecule has 0 spiro atoms. The van der Waals surface area contributed by atoms with Crippen molar-refractivity contribution in [2.45, 2.75) is 58.0 Å². The predicted molar refractivity (Wildman–Crippen MR) is 108 cm³/mol. The minimum atomic E-state index is -0.769. The van der Waals surface area contributed by atoms with Crippen LogP contribution in [-0.2, 0) is 19.1 Å². The normalized spacial score (nSPS) is 22.8. The first kappa shape index (κ1) is 31.3. The number of esters is 2. The number of ether oxygens (including phenoxy) is 2. The Labute approximate surface area is 160 Å². The van der Waals surface area contributed by atoms with Crippen molar-refractivity contribution in [3.8, 4) is 0 Å². The van der Waals surface area contributed by atoms with Gasteiger partial charge in [-0.3, -0.25) is 9.59 Å². The summed E-state index contributed by atoms with van der Waals surface area (Å²) < 4.78 is 9.11. The molecule has 1 saturated heterocycles. The van der Waals surface area contributed by atoms with E-state index in [2.05, 4.69) is 14.8 Å². The highest BCUT2D eigenvalue weighted by Crippen LogP contribution is 2.27. The van der Waals surface area contributed by atoms with Gasteiger partial charge in [0.15, 0.2) is 0 Å². The quantitative estimate of drug-likeness (QED) is 0.599. The number of methoxy groups -OCH3 is 2. The number of hydrogen-bond donors (Lipinski definition) is 3. The summed E-state index contributed by atoms with van der Waals surface area (Å²) in [5.41, 5.74) is 9.99.